The van der Waals surface area contributed by atoms with Crippen LogP contribution in [0.15, 0.2) is 42.5 Å². The van der Waals surface area contributed by atoms with Gasteiger partial charge in [-0.15, -0.1) is 13.2 Å². The Bertz CT molecular complexity index is 1040. The zero-order valence-corrected chi connectivity index (χ0v) is 15.7. The third kappa shape index (κ3) is 4.73. The van der Waals surface area contributed by atoms with Gasteiger partial charge in [-0.05, 0) is 36.8 Å². The third-order valence-electron chi connectivity index (χ3n) is 4.44. The van der Waals surface area contributed by atoms with Gasteiger partial charge in [0, 0.05) is 6.07 Å². The number of nitrogens with one attached hydrogen (secondary N) is 2. The summed E-state index contributed by atoms with van der Waals surface area (Å²) < 4.78 is 67.5. The first-order valence-electron chi connectivity index (χ1n) is 8.64. The molecule has 1 unspecified atom stereocenters. The minimum absolute atomic E-state index is 0.138. The summed E-state index contributed by atoms with van der Waals surface area (Å²) in [6, 6.07) is 5.67. The van der Waals surface area contributed by atoms with E-state index in [1.165, 1.54) is 6.92 Å². The molecule has 31 heavy (non-hydrogen) atoms. The molecule has 0 saturated carbocycles. The summed E-state index contributed by atoms with van der Waals surface area (Å²) in [6.07, 6.45) is -4.89. The predicted molar refractivity (Wildman–Crippen MR) is 95.7 cm³/mol. The molecule has 2 aromatic carbocycles. The van der Waals surface area contributed by atoms with E-state index >= 15 is 0 Å². The van der Waals surface area contributed by atoms with Crippen molar-refractivity contribution >= 4 is 23.5 Å². The van der Waals surface area contributed by atoms with Crippen LogP contribution in [-0.2, 0) is 15.1 Å². The number of benzene rings is 2. The van der Waals surface area contributed by atoms with Crippen LogP contribution in [0.5, 0.6) is 5.75 Å². The number of carbonyl (C=O) groups excluding carboxylic acids is 3. The Labute approximate surface area is 171 Å². The highest BCUT2D eigenvalue weighted by atomic mass is 19.4. The van der Waals surface area contributed by atoms with Crippen molar-refractivity contribution in [2.75, 3.05) is 11.9 Å². The van der Waals surface area contributed by atoms with Gasteiger partial charge in [0.05, 0.1) is 5.69 Å². The number of hydrogen-bond acceptors (Lipinski definition) is 4. The second kappa shape index (κ2) is 7.85. The molecular weight excluding hydrogens is 429 g/mol. The van der Waals surface area contributed by atoms with Crippen molar-refractivity contribution in [2.24, 2.45) is 0 Å². The number of halogens is 5. The van der Waals surface area contributed by atoms with Crippen molar-refractivity contribution in [2.45, 2.75) is 18.8 Å². The Morgan fingerprint density at radius 3 is 2.39 bits per heavy atom. The lowest BCUT2D eigenvalue weighted by molar-refractivity contribution is -0.274. The third-order valence-corrected chi connectivity index (χ3v) is 4.44. The topological polar surface area (TPSA) is 87.7 Å². The second-order valence-corrected chi connectivity index (χ2v) is 6.69. The maximum Gasteiger partial charge on any atom is 0.573 e. The molecule has 0 spiro atoms. The zero-order valence-electron chi connectivity index (χ0n) is 15.7. The molecule has 1 aliphatic heterocycles. The monoisotopic (exact) mass is 443 g/mol. The SMILES string of the molecule is CC1(c2ccc(OC(F)(F)F)cc2)NC(=O)N(CC(=O)Nc2cc(F)ccc2F)C1=O. The molecule has 0 radical (unpaired) electrons. The van der Waals surface area contributed by atoms with Crippen LogP contribution < -0.4 is 15.4 Å². The average molecular weight is 443 g/mol. The first-order chi connectivity index (χ1) is 14.4. The molecule has 0 bridgehead atoms. The molecule has 2 aromatic rings. The standard InChI is InChI=1S/C19H14F5N3O4/c1-18(10-2-5-12(6-3-10)31-19(22,23)24)16(29)27(17(30)26-18)9-15(28)25-14-8-11(20)4-7-13(14)21/h2-8H,9H2,1H3,(H,25,28)(H,26,30). The molecule has 1 aliphatic rings. The number of anilines is 1. The van der Waals surface area contributed by atoms with Crippen LogP contribution in [0, 0.1) is 11.6 Å². The number of carbonyl (C=O) groups is 3. The molecule has 2 N–H and O–H groups in total. The number of alkyl halides is 3. The van der Waals surface area contributed by atoms with Gasteiger partial charge in [0.15, 0.2) is 0 Å². The van der Waals surface area contributed by atoms with E-state index in [9.17, 15) is 36.3 Å². The van der Waals surface area contributed by atoms with E-state index < -0.39 is 59.4 Å². The summed E-state index contributed by atoms with van der Waals surface area (Å²) in [4.78, 5) is 37.7. The molecule has 7 nitrogen and oxygen atoms in total. The van der Waals surface area contributed by atoms with Gasteiger partial charge in [0.25, 0.3) is 5.91 Å². The average Bonchev–Trinajstić information content (AvgIpc) is 2.88. The highest BCUT2D eigenvalue weighted by Crippen LogP contribution is 2.31. The number of hydrogen-bond donors (Lipinski definition) is 2. The molecule has 164 valence electrons. The zero-order chi connectivity index (χ0) is 23.0. The van der Waals surface area contributed by atoms with E-state index in [1.807, 2.05) is 0 Å². The summed E-state index contributed by atoms with van der Waals surface area (Å²) in [5, 5.41) is 4.43. The van der Waals surface area contributed by atoms with Gasteiger partial charge in [-0.3, -0.25) is 14.5 Å². The lowest BCUT2D eigenvalue weighted by atomic mass is 9.92. The molecule has 12 heteroatoms. The fourth-order valence-corrected chi connectivity index (χ4v) is 2.95. The number of imide groups is 1. The van der Waals surface area contributed by atoms with Crippen molar-refractivity contribution in [1.82, 2.24) is 10.2 Å². The minimum Gasteiger partial charge on any atom is -0.406 e. The van der Waals surface area contributed by atoms with Gasteiger partial charge >= 0.3 is 12.4 Å². The lowest BCUT2D eigenvalue weighted by Crippen LogP contribution is -2.42. The van der Waals surface area contributed by atoms with Crippen molar-refractivity contribution < 1.29 is 41.1 Å². The van der Waals surface area contributed by atoms with E-state index in [-0.39, 0.29) is 5.56 Å². The highest BCUT2D eigenvalue weighted by molar-refractivity contribution is 6.10. The summed E-state index contributed by atoms with van der Waals surface area (Å²) in [6.45, 7) is 0.502. The fourth-order valence-electron chi connectivity index (χ4n) is 2.95. The van der Waals surface area contributed by atoms with Gasteiger partial charge in [-0.25, -0.2) is 13.6 Å². The Kier molecular flexibility index (Phi) is 5.57. The number of ether oxygens (including phenoxy) is 1. The Morgan fingerprint density at radius 1 is 1.13 bits per heavy atom. The quantitative estimate of drug-likeness (QED) is 0.549. The minimum atomic E-state index is -4.89. The van der Waals surface area contributed by atoms with E-state index in [0.717, 1.165) is 42.5 Å². The molecule has 1 saturated heterocycles. The molecule has 3 rings (SSSR count). The summed E-state index contributed by atoms with van der Waals surface area (Å²) >= 11 is 0. The van der Waals surface area contributed by atoms with Crippen molar-refractivity contribution in [3.8, 4) is 5.75 Å². The highest BCUT2D eigenvalue weighted by Gasteiger charge is 2.49. The number of urea groups is 1. The van der Waals surface area contributed by atoms with Crippen LogP contribution in [0.2, 0.25) is 0 Å². The molecule has 0 aromatic heterocycles. The smallest absolute Gasteiger partial charge is 0.406 e. The predicted octanol–water partition coefficient (Wildman–Crippen LogP) is 3.27. The van der Waals surface area contributed by atoms with E-state index in [4.69, 9.17) is 0 Å². The van der Waals surface area contributed by atoms with Crippen molar-refractivity contribution in [3.05, 3.63) is 59.7 Å². The first kappa shape index (κ1) is 22.0. The maximum absolute atomic E-state index is 13.7. The van der Waals surface area contributed by atoms with Crippen LogP contribution in [0.3, 0.4) is 0 Å². The van der Waals surface area contributed by atoms with Crippen LogP contribution >= 0.6 is 0 Å². The summed E-state index contributed by atoms with van der Waals surface area (Å²) in [5.41, 5.74) is -2.00. The van der Waals surface area contributed by atoms with E-state index in [1.54, 1.807) is 0 Å². The lowest BCUT2D eigenvalue weighted by Gasteiger charge is -2.22. The molecule has 1 heterocycles. The number of amides is 4. The van der Waals surface area contributed by atoms with Crippen LogP contribution in [0.4, 0.5) is 32.4 Å². The Balaban J connectivity index is 1.73. The normalized spacial score (nSPS) is 18.7. The molecule has 0 aliphatic carbocycles. The largest absolute Gasteiger partial charge is 0.573 e. The number of nitrogens with zero attached hydrogens (tertiary/aromatic N) is 1. The molecule has 1 atom stereocenters. The summed E-state index contributed by atoms with van der Waals surface area (Å²) in [5.74, 6) is -4.08. The van der Waals surface area contributed by atoms with Crippen LogP contribution in [0.1, 0.15) is 12.5 Å². The Hall–Kier alpha value is -3.70. The molecule has 1 fully saturated rings. The number of rotatable bonds is 5. The van der Waals surface area contributed by atoms with Crippen LogP contribution in [-0.4, -0.2) is 35.7 Å². The molecule has 4 amide bonds. The Morgan fingerprint density at radius 2 is 1.77 bits per heavy atom. The van der Waals surface area contributed by atoms with Gasteiger partial charge in [-0.1, -0.05) is 12.1 Å². The van der Waals surface area contributed by atoms with Gasteiger partial charge < -0.3 is 15.4 Å². The van der Waals surface area contributed by atoms with Gasteiger partial charge in [-0.2, -0.15) is 0 Å². The van der Waals surface area contributed by atoms with Crippen molar-refractivity contribution in [3.63, 3.8) is 0 Å². The van der Waals surface area contributed by atoms with E-state index in [0.29, 0.717) is 4.90 Å². The fraction of sp³-hybridized carbons (Fsp3) is 0.211. The van der Waals surface area contributed by atoms with Crippen LogP contribution in [0.25, 0.3) is 0 Å². The molecular formula is C19H14F5N3O4. The van der Waals surface area contributed by atoms with Crippen molar-refractivity contribution in [1.29, 1.82) is 0 Å². The van der Waals surface area contributed by atoms with E-state index in [2.05, 4.69) is 15.4 Å². The maximum atomic E-state index is 13.7. The second-order valence-electron chi connectivity index (χ2n) is 6.69. The first-order valence-corrected chi connectivity index (χ1v) is 8.64. The van der Waals surface area contributed by atoms with Gasteiger partial charge in [0.2, 0.25) is 5.91 Å². The van der Waals surface area contributed by atoms with Gasteiger partial charge in [0.1, 0.15) is 29.5 Å². The summed E-state index contributed by atoms with van der Waals surface area (Å²) in [7, 11) is 0.